The molecule has 2 aromatic carbocycles. The van der Waals surface area contributed by atoms with Crippen molar-refractivity contribution in [3.05, 3.63) is 69.2 Å². The van der Waals surface area contributed by atoms with Crippen molar-refractivity contribution >= 4 is 23.5 Å². The molecule has 5 heteroatoms. The molecule has 4 nitrogen and oxygen atoms in total. The minimum absolute atomic E-state index is 0.0656. The van der Waals surface area contributed by atoms with Gasteiger partial charge in [-0.05, 0) is 47.7 Å². The van der Waals surface area contributed by atoms with Crippen molar-refractivity contribution in [1.29, 1.82) is 0 Å². The van der Waals surface area contributed by atoms with Crippen LogP contribution in [-0.4, -0.2) is 21.9 Å². The van der Waals surface area contributed by atoms with E-state index in [1.54, 1.807) is 18.2 Å². The summed E-state index contributed by atoms with van der Waals surface area (Å²) in [4.78, 5) is 25.8. The van der Waals surface area contributed by atoms with Gasteiger partial charge in [-0.3, -0.25) is 4.79 Å². The highest BCUT2D eigenvalue weighted by Crippen LogP contribution is 2.41. The van der Waals surface area contributed by atoms with Gasteiger partial charge in [-0.15, -0.1) is 0 Å². The molecule has 0 spiro atoms. The number of benzene rings is 2. The van der Waals surface area contributed by atoms with Crippen LogP contribution in [0.4, 0.5) is 0 Å². The Morgan fingerprint density at radius 3 is 2.78 bits per heavy atom. The first-order chi connectivity index (χ1) is 11.1. The van der Waals surface area contributed by atoms with E-state index in [-0.39, 0.29) is 17.5 Å². The summed E-state index contributed by atoms with van der Waals surface area (Å²) in [6.45, 7) is 0.524. The van der Waals surface area contributed by atoms with E-state index in [0.29, 0.717) is 17.1 Å². The zero-order valence-electron chi connectivity index (χ0n) is 12.3. The average molecular weight is 328 g/mol. The number of carboxylic acids is 1. The van der Waals surface area contributed by atoms with Crippen LogP contribution < -0.4 is 0 Å². The van der Waals surface area contributed by atoms with Gasteiger partial charge in [0.25, 0.3) is 5.91 Å². The lowest BCUT2D eigenvalue weighted by Gasteiger charge is -2.25. The van der Waals surface area contributed by atoms with Gasteiger partial charge in [0.2, 0.25) is 0 Å². The van der Waals surface area contributed by atoms with E-state index in [9.17, 15) is 14.7 Å². The number of hydrogen-bond acceptors (Lipinski definition) is 2. The minimum Gasteiger partial charge on any atom is -0.478 e. The van der Waals surface area contributed by atoms with Gasteiger partial charge >= 0.3 is 5.97 Å². The van der Waals surface area contributed by atoms with Crippen molar-refractivity contribution in [2.45, 2.75) is 25.4 Å². The zero-order valence-corrected chi connectivity index (χ0v) is 13.0. The SMILES string of the molecule is O=C(O)c1ccc2c(c1)C(N1Cc3cccc(Cl)c3C1=O)CC2. The highest BCUT2D eigenvalue weighted by Gasteiger charge is 2.37. The van der Waals surface area contributed by atoms with Crippen molar-refractivity contribution in [3.8, 4) is 0 Å². The second kappa shape index (κ2) is 5.10. The average Bonchev–Trinajstić information content (AvgIpc) is 3.08. The quantitative estimate of drug-likeness (QED) is 0.915. The van der Waals surface area contributed by atoms with Gasteiger partial charge in [0.15, 0.2) is 0 Å². The van der Waals surface area contributed by atoms with Crippen LogP contribution >= 0.6 is 11.6 Å². The molecule has 23 heavy (non-hydrogen) atoms. The van der Waals surface area contributed by atoms with Crippen LogP contribution in [0.15, 0.2) is 36.4 Å². The third-order valence-electron chi connectivity index (χ3n) is 4.73. The van der Waals surface area contributed by atoms with Crippen molar-refractivity contribution in [2.75, 3.05) is 0 Å². The normalized spacial score (nSPS) is 18.9. The van der Waals surface area contributed by atoms with Crippen LogP contribution in [0.1, 0.15) is 49.9 Å². The molecule has 0 fully saturated rings. The second-order valence-electron chi connectivity index (χ2n) is 5.98. The molecule has 0 saturated heterocycles. The van der Waals surface area contributed by atoms with Crippen LogP contribution in [0.3, 0.4) is 0 Å². The van der Waals surface area contributed by atoms with Gasteiger partial charge in [-0.1, -0.05) is 29.8 Å². The lowest BCUT2D eigenvalue weighted by molar-refractivity contribution is 0.0696. The monoisotopic (exact) mass is 327 g/mol. The van der Waals surface area contributed by atoms with Crippen molar-refractivity contribution in [3.63, 3.8) is 0 Å². The Bertz CT molecular complexity index is 846. The number of hydrogen-bond donors (Lipinski definition) is 1. The molecular formula is C18H14ClNO3. The van der Waals surface area contributed by atoms with Gasteiger partial charge in [0, 0.05) is 6.54 Å². The molecule has 1 amide bonds. The fraction of sp³-hybridized carbons (Fsp3) is 0.222. The highest BCUT2D eigenvalue weighted by atomic mass is 35.5. The van der Waals surface area contributed by atoms with Gasteiger partial charge < -0.3 is 10.0 Å². The summed E-state index contributed by atoms with van der Waals surface area (Å²) < 4.78 is 0. The number of aryl methyl sites for hydroxylation is 1. The van der Waals surface area contributed by atoms with E-state index in [1.165, 1.54) is 0 Å². The number of amides is 1. The number of carbonyl (C=O) groups excluding carboxylic acids is 1. The molecule has 1 aliphatic carbocycles. The molecule has 1 atom stereocenters. The van der Waals surface area contributed by atoms with E-state index in [4.69, 9.17) is 11.6 Å². The first-order valence-corrected chi connectivity index (χ1v) is 7.88. The summed E-state index contributed by atoms with van der Waals surface area (Å²) in [6, 6.07) is 10.6. The molecule has 1 heterocycles. The summed E-state index contributed by atoms with van der Waals surface area (Å²) in [6.07, 6.45) is 1.67. The topological polar surface area (TPSA) is 57.6 Å². The summed E-state index contributed by atoms with van der Waals surface area (Å²) >= 11 is 6.18. The Labute approximate surface area is 138 Å². The van der Waals surface area contributed by atoms with E-state index in [2.05, 4.69) is 0 Å². The minimum atomic E-state index is -0.947. The lowest BCUT2D eigenvalue weighted by atomic mass is 10.0. The van der Waals surface area contributed by atoms with E-state index >= 15 is 0 Å². The van der Waals surface area contributed by atoms with E-state index in [1.807, 2.05) is 23.1 Å². The molecule has 0 saturated carbocycles. The first kappa shape index (κ1) is 14.3. The number of carboxylic acid groups (broad SMARTS) is 1. The smallest absolute Gasteiger partial charge is 0.335 e. The maximum atomic E-state index is 12.8. The van der Waals surface area contributed by atoms with Crippen molar-refractivity contribution in [2.24, 2.45) is 0 Å². The molecule has 4 rings (SSSR count). The van der Waals surface area contributed by atoms with Gasteiger partial charge in [0.05, 0.1) is 22.2 Å². The maximum absolute atomic E-state index is 12.8. The molecule has 1 aliphatic heterocycles. The fourth-order valence-corrected chi connectivity index (χ4v) is 3.90. The Kier molecular flexibility index (Phi) is 3.16. The molecule has 0 radical (unpaired) electrons. The van der Waals surface area contributed by atoms with E-state index < -0.39 is 5.97 Å². The van der Waals surface area contributed by atoms with Crippen LogP contribution in [0.5, 0.6) is 0 Å². The third kappa shape index (κ3) is 2.13. The molecule has 0 bridgehead atoms. The Morgan fingerprint density at radius 1 is 1.22 bits per heavy atom. The van der Waals surface area contributed by atoms with Crippen LogP contribution in [0.2, 0.25) is 5.02 Å². The lowest BCUT2D eigenvalue weighted by Crippen LogP contribution is -2.28. The van der Waals surface area contributed by atoms with Crippen LogP contribution in [0, 0.1) is 0 Å². The van der Waals surface area contributed by atoms with Gasteiger partial charge in [0.1, 0.15) is 0 Å². The highest BCUT2D eigenvalue weighted by molar-refractivity contribution is 6.34. The number of aromatic carboxylic acids is 1. The predicted molar refractivity (Wildman–Crippen MR) is 85.8 cm³/mol. The summed E-state index contributed by atoms with van der Waals surface area (Å²) in [5.74, 6) is -1.01. The van der Waals surface area contributed by atoms with Gasteiger partial charge in [-0.25, -0.2) is 4.79 Å². The number of carbonyl (C=O) groups is 2. The first-order valence-electron chi connectivity index (χ1n) is 7.50. The Hall–Kier alpha value is -2.33. The van der Waals surface area contributed by atoms with Gasteiger partial charge in [-0.2, -0.15) is 0 Å². The van der Waals surface area contributed by atoms with E-state index in [0.717, 1.165) is 29.5 Å². The molecule has 2 aromatic rings. The van der Waals surface area contributed by atoms with Crippen molar-refractivity contribution in [1.82, 2.24) is 4.90 Å². The Morgan fingerprint density at radius 2 is 2.04 bits per heavy atom. The zero-order chi connectivity index (χ0) is 16.1. The predicted octanol–water partition coefficient (Wildman–Crippen LogP) is 3.68. The number of halogens is 1. The molecule has 2 aliphatic rings. The fourth-order valence-electron chi connectivity index (χ4n) is 3.63. The summed E-state index contributed by atoms with van der Waals surface area (Å²) in [7, 11) is 0. The van der Waals surface area contributed by atoms with Crippen LogP contribution in [-0.2, 0) is 13.0 Å². The number of rotatable bonds is 2. The summed E-state index contributed by atoms with van der Waals surface area (Å²) in [5, 5.41) is 9.68. The molecular weight excluding hydrogens is 314 g/mol. The maximum Gasteiger partial charge on any atom is 0.335 e. The molecule has 0 aromatic heterocycles. The largest absolute Gasteiger partial charge is 0.478 e. The van der Waals surface area contributed by atoms with Crippen LogP contribution in [0.25, 0.3) is 0 Å². The number of nitrogens with zero attached hydrogens (tertiary/aromatic N) is 1. The standard InChI is InChI=1S/C18H14ClNO3/c19-14-3-1-2-12-9-20(17(21)16(12)14)15-7-6-10-4-5-11(18(22)23)8-13(10)15/h1-5,8,15H,6-7,9H2,(H,22,23). The molecule has 1 unspecified atom stereocenters. The second-order valence-corrected chi connectivity index (χ2v) is 6.39. The third-order valence-corrected chi connectivity index (χ3v) is 5.05. The molecule has 1 N–H and O–H groups in total. The molecule has 116 valence electrons. The Balaban J connectivity index is 1.73. The summed E-state index contributed by atoms with van der Waals surface area (Å²) in [5.41, 5.74) is 3.84. The van der Waals surface area contributed by atoms with Crippen molar-refractivity contribution < 1.29 is 14.7 Å². The number of fused-ring (bicyclic) bond motifs is 2.